The summed E-state index contributed by atoms with van der Waals surface area (Å²) in [7, 11) is 0. The quantitative estimate of drug-likeness (QED) is 0.382. The molecule has 0 bridgehead atoms. The van der Waals surface area contributed by atoms with Crippen LogP contribution in [-0.2, 0) is 19.9 Å². The normalized spacial score (nSPS) is 17.6. The van der Waals surface area contributed by atoms with Crippen LogP contribution >= 0.6 is 0 Å². The van der Waals surface area contributed by atoms with Gasteiger partial charge in [0.15, 0.2) is 6.29 Å². The Bertz CT molecular complexity index is 1280. The lowest BCUT2D eigenvalue weighted by molar-refractivity contribution is -0.193. The van der Waals surface area contributed by atoms with E-state index in [4.69, 9.17) is 9.47 Å². The van der Waals surface area contributed by atoms with Gasteiger partial charge in [0.25, 0.3) is 0 Å². The number of anilines is 1. The molecular weight excluding hydrogens is 454 g/mol. The van der Waals surface area contributed by atoms with Crippen LogP contribution in [-0.4, -0.2) is 21.7 Å². The minimum Gasteiger partial charge on any atom is -0.332 e. The molecule has 2 atom stereocenters. The van der Waals surface area contributed by atoms with E-state index in [0.29, 0.717) is 12.8 Å². The lowest BCUT2D eigenvalue weighted by Gasteiger charge is -2.37. The fraction of sp³-hybridized carbons (Fsp3) is 0.207. The molecule has 2 heterocycles. The van der Waals surface area contributed by atoms with Crippen LogP contribution in [0.25, 0.3) is 0 Å². The molecule has 1 fully saturated rings. The SMILES string of the molecule is CC(=O)Nc1ccn([C@H]2CC[C@@H](OC(c3ccccc3)(c3ccccc3)c3ccccc3)O2)c(=O)n1. The first kappa shape index (κ1) is 23.7. The van der Waals surface area contributed by atoms with Crippen LogP contribution in [0.2, 0.25) is 0 Å². The van der Waals surface area contributed by atoms with Crippen LogP contribution in [0.4, 0.5) is 5.82 Å². The first-order valence-corrected chi connectivity index (χ1v) is 11.9. The van der Waals surface area contributed by atoms with E-state index in [0.717, 1.165) is 16.7 Å². The Labute approximate surface area is 209 Å². The van der Waals surface area contributed by atoms with E-state index in [2.05, 4.69) is 46.7 Å². The molecule has 0 spiro atoms. The summed E-state index contributed by atoms with van der Waals surface area (Å²) >= 11 is 0. The molecule has 1 saturated heterocycles. The average molecular weight is 482 g/mol. The molecule has 3 aromatic carbocycles. The van der Waals surface area contributed by atoms with Crippen LogP contribution in [0.1, 0.15) is 42.7 Å². The molecule has 0 aliphatic carbocycles. The summed E-state index contributed by atoms with van der Waals surface area (Å²) in [6, 6.07) is 31.9. The smallest absolute Gasteiger partial charge is 0.332 e. The number of rotatable bonds is 7. The Morgan fingerprint density at radius 3 is 1.89 bits per heavy atom. The van der Waals surface area contributed by atoms with E-state index in [-0.39, 0.29) is 11.7 Å². The Morgan fingerprint density at radius 2 is 1.42 bits per heavy atom. The van der Waals surface area contributed by atoms with Gasteiger partial charge in [-0.25, -0.2) is 4.79 Å². The number of carbonyl (C=O) groups excluding carboxylic acids is 1. The molecule has 182 valence electrons. The van der Waals surface area contributed by atoms with Crippen LogP contribution in [0.3, 0.4) is 0 Å². The maximum Gasteiger partial charge on any atom is 0.351 e. The Morgan fingerprint density at radius 1 is 0.889 bits per heavy atom. The molecule has 7 nitrogen and oxygen atoms in total. The first-order chi connectivity index (χ1) is 17.6. The summed E-state index contributed by atoms with van der Waals surface area (Å²) in [4.78, 5) is 27.9. The van der Waals surface area contributed by atoms with Gasteiger partial charge in [-0.1, -0.05) is 91.0 Å². The third-order valence-corrected chi connectivity index (χ3v) is 6.25. The van der Waals surface area contributed by atoms with Gasteiger partial charge < -0.3 is 14.8 Å². The van der Waals surface area contributed by atoms with Gasteiger partial charge in [-0.15, -0.1) is 0 Å². The second-order valence-electron chi connectivity index (χ2n) is 8.68. The van der Waals surface area contributed by atoms with Crippen LogP contribution < -0.4 is 11.0 Å². The molecule has 0 saturated carbocycles. The zero-order chi connectivity index (χ0) is 25.0. The van der Waals surface area contributed by atoms with Crippen LogP contribution in [0.5, 0.6) is 0 Å². The number of hydrogen-bond acceptors (Lipinski definition) is 5. The van der Waals surface area contributed by atoms with Gasteiger partial charge >= 0.3 is 5.69 Å². The molecule has 1 amide bonds. The number of nitrogens with one attached hydrogen (secondary N) is 1. The van der Waals surface area contributed by atoms with Gasteiger partial charge in [0.2, 0.25) is 5.91 Å². The standard InChI is InChI=1S/C29H27N3O4/c1-21(33)30-25-19-20-32(28(34)31-25)26-17-18-27(35-26)36-29(22-11-5-2-6-12-22,23-13-7-3-8-14-23)24-15-9-4-10-16-24/h2-16,19-20,26-27H,17-18H2,1H3,(H,30,31,33,34)/t26-,27-/m1/s1. The molecule has 4 aromatic rings. The zero-order valence-corrected chi connectivity index (χ0v) is 19.9. The largest absolute Gasteiger partial charge is 0.351 e. The van der Waals surface area contributed by atoms with Crippen molar-refractivity contribution < 1.29 is 14.3 Å². The van der Waals surface area contributed by atoms with Gasteiger partial charge in [0, 0.05) is 19.5 Å². The number of hydrogen-bond donors (Lipinski definition) is 1. The first-order valence-electron chi connectivity index (χ1n) is 11.9. The van der Waals surface area contributed by atoms with E-state index in [1.165, 1.54) is 11.5 Å². The molecular formula is C29H27N3O4. The van der Waals surface area contributed by atoms with E-state index >= 15 is 0 Å². The summed E-state index contributed by atoms with van der Waals surface area (Å²) in [5.41, 5.74) is 1.53. The van der Waals surface area contributed by atoms with Gasteiger partial charge in [-0.3, -0.25) is 9.36 Å². The molecule has 1 aromatic heterocycles. The minimum atomic E-state index is -0.915. The summed E-state index contributed by atoms with van der Waals surface area (Å²) in [5, 5.41) is 2.53. The predicted octanol–water partition coefficient (Wildman–Crippen LogP) is 4.85. The van der Waals surface area contributed by atoms with Crippen molar-refractivity contribution in [2.45, 2.75) is 37.9 Å². The maximum atomic E-state index is 12.6. The molecule has 1 aliphatic heterocycles. The Hall–Kier alpha value is -4.07. The van der Waals surface area contributed by atoms with Crippen molar-refractivity contribution in [1.29, 1.82) is 0 Å². The lowest BCUT2D eigenvalue weighted by atomic mass is 9.80. The predicted molar refractivity (Wildman–Crippen MR) is 136 cm³/mol. The number of carbonyl (C=O) groups is 1. The van der Waals surface area contributed by atoms with Crippen molar-refractivity contribution >= 4 is 11.7 Å². The highest BCUT2D eigenvalue weighted by atomic mass is 16.7. The molecule has 1 N–H and O–H groups in total. The lowest BCUT2D eigenvalue weighted by Crippen LogP contribution is -2.37. The van der Waals surface area contributed by atoms with Gasteiger partial charge in [0.05, 0.1) is 0 Å². The zero-order valence-electron chi connectivity index (χ0n) is 19.9. The third-order valence-electron chi connectivity index (χ3n) is 6.25. The summed E-state index contributed by atoms with van der Waals surface area (Å²) in [6.07, 6.45) is 1.67. The van der Waals surface area contributed by atoms with Crippen LogP contribution in [0, 0.1) is 0 Å². The number of benzene rings is 3. The third kappa shape index (κ3) is 4.71. The number of ether oxygens (including phenoxy) is 2. The summed E-state index contributed by atoms with van der Waals surface area (Å²) in [6.45, 7) is 1.37. The molecule has 0 unspecified atom stereocenters. The van der Waals surface area contributed by atoms with Crippen molar-refractivity contribution in [2.24, 2.45) is 0 Å². The highest BCUT2D eigenvalue weighted by Crippen LogP contribution is 2.43. The summed E-state index contributed by atoms with van der Waals surface area (Å²) < 4.78 is 14.6. The maximum absolute atomic E-state index is 12.6. The number of aromatic nitrogens is 2. The van der Waals surface area contributed by atoms with Gasteiger partial charge in [0.1, 0.15) is 17.6 Å². The topological polar surface area (TPSA) is 82.5 Å². The number of nitrogens with zero attached hydrogens (tertiary/aromatic N) is 2. The monoisotopic (exact) mass is 481 g/mol. The van der Waals surface area contributed by atoms with E-state index in [1.54, 1.807) is 12.3 Å². The van der Waals surface area contributed by atoms with Crippen LogP contribution in [0.15, 0.2) is 108 Å². The fourth-order valence-corrected chi connectivity index (χ4v) is 4.68. The fourth-order valence-electron chi connectivity index (χ4n) is 4.68. The highest BCUT2D eigenvalue weighted by molar-refractivity contribution is 5.87. The molecule has 0 radical (unpaired) electrons. The van der Waals surface area contributed by atoms with Crippen molar-refractivity contribution in [2.75, 3.05) is 5.32 Å². The molecule has 36 heavy (non-hydrogen) atoms. The second kappa shape index (κ2) is 10.3. The second-order valence-corrected chi connectivity index (χ2v) is 8.68. The van der Waals surface area contributed by atoms with E-state index in [9.17, 15) is 9.59 Å². The molecule has 1 aliphatic rings. The van der Waals surface area contributed by atoms with E-state index < -0.39 is 23.8 Å². The minimum absolute atomic E-state index is 0.214. The highest BCUT2D eigenvalue weighted by Gasteiger charge is 2.42. The van der Waals surface area contributed by atoms with Crippen molar-refractivity contribution in [3.63, 3.8) is 0 Å². The summed E-state index contributed by atoms with van der Waals surface area (Å²) in [5.74, 6) is -0.0740. The van der Waals surface area contributed by atoms with Crippen molar-refractivity contribution in [1.82, 2.24) is 9.55 Å². The molecule has 5 rings (SSSR count). The van der Waals surface area contributed by atoms with Crippen molar-refractivity contribution in [3.05, 3.63) is 130 Å². The Balaban J connectivity index is 1.50. The van der Waals surface area contributed by atoms with Gasteiger partial charge in [-0.2, -0.15) is 4.98 Å². The Kier molecular flexibility index (Phi) is 6.75. The van der Waals surface area contributed by atoms with Crippen molar-refractivity contribution in [3.8, 4) is 0 Å². The van der Waals surface area contributed by atoms with E-state index in [1.807, 2.05) is 54.6 Å². The van der Waals surface area contributed by atoms with Gasteiger partial charge in [-0.05, 0) is 29.2 Å². The number of amides is 1. The molecule has 7 heteroatoms. The average Bonchev–Trinajstić information content (AvgIpc) is 3.36.